The van der Waals surface area contributed by atoms with Gasteiger partial charge < -0.3 is 15.4 Å². The van der Waals surface area contributed by atoms with Gasteiger partial charge in [-0.3, -0.25) is 4.79 Å². The highest BCUT2D eigenvalue weighted by atomic mass is 32.2. The molecule has 0 spiro atoms. The highest BCUT2D eigenvalue weighted by Gasteiger charge is 2.27. The quantitative estimate of drug-likeness (QED) is 0.629. The van der Waals surface area contributed by atoms with Crippen molar-refractivity contribution in [3.05, 3.63) is 34.9 Å². The van der Waals surface area contributed by atoms with Crippen LogP contribution in [0.15, 0.2) is 34.9 Å². The summed E-state index contributed by atoms with van der Waals surface area (Å²) < 4.78 is 4.64. The molecule has 0 aliphatic carbocycles. The minimum Gasteiger partial charge on any atom is -0.465 e. The third-order valence-electron chi connectivity index (χ3n) is 2.47. The number of amides is 1. The molecule has 0 saturated heterocycles. The SMILES string of the molecule is COC(=O)C1=C(SC)Nc2ccccc2NC1=O. The lowest BCUT2D eigenvalue weighted by molar-refractivity contribution is -0.137. The van der Waals surface area contributed by atoms with Crippen LogP contribution in [0.25, 0.3) is 0 Å². The van der Waals surface area contributed by atoms with Crippen molar-refractivity contribution in [3.63, 3.8) is 0 Å². The lowest BCUT2D eigenvalue weighted by Gasteiger charge is -2.09. The number of nitrogens with one attached hydrogen (secondary N) is 2. The number of thioether (sulfide) groups is 1. The number of hydrogen-bond acceptors (Lipinski definition) is 5. The molecule has 0 bridgehead atoms. The molecule has 2 rings (SSSR count). The monoisotopic (exact) mass is 264 g/mol. The molecule has 5 nitrogen and oxygen atoms in total. The molecular weight excluding hydrogens is 252 g/mol. The summed E-state index contributed by atoms with van der Waals surface area (Å²) in [7, 11) is 1.25. The number of hydrogen-bond donors (Lipinski definition) is 2. The maximum Gasteiger partial charge on any atom is 0.346 e. The van der Waals surface area contributed by atoms with Gasteiger partial charge in [-0.05, 0) is 18.4 Å². The van der Waals surface area contributed by atoms with E-state index in [-0.39, 0.29) is 5.57 Å². The van der Waals surface area contributed by atoms with Crippen molar-refractivity contribution in [1.82, 2.24) is 0 Å². The van der Waals surface area contributed by atoms with Crippen LogP contribution in [0.4, 0.5) is 11.4 Å². The highest BCUT2D eigenvalue weighted by Crippen LogP contribution is 2.31. The van der Waals surface area contributed by atoms with Crippen LogP contribution in [0.5, 0.6) is 0 Å². The van der Waals surface area contributed by atoms with Crippen LogP contribution in [0, 0.1) is 0 Å². The Labute approximate surface area is 109 Å². The van der Waals surface area contributed by atoms with Crippen molar-refractivity contribution < 1.29 is 14.3 Å². The van der Waals surface area contributed by atoms with E-state index in [0.29, 0.717) is 10.7 Å². The van der Waals surface area contributed by atoms with E-state index < -0.39 is 11.9 Å². The van der Waals surface area contributed by atoms with Crippen molar-refractivity contribution in [2.24, 2.45) is 0 Å². The maximum absolute atomic E-state index is 12.0. The number of para-hydroxylation sites is 2. The van der Waals surface area contributed by atoms with Gasteiger partial charge in [-0.25, -0.2) is 4.79 Å². The van der Waals surface area contributed by atoms with Crippen molar-refractivity contribution in [2.45, 2.75) is 0 Å². The first-order valence-corrected chi connectivity index (χ1v) is 6.44. The van der Waals surface area contributed by atoms with E-state index in [4.69, 9.17) is 0 Å². The Morgan fingerprint density at radius 3 is 2.39 bits per heavy atom. The molecule has 0 fully saturated rings. The molecule has 0 radical (unpaired) electrons. The topological polar surface area (TPSA) is 67.4 Å². The van der Waals surface area contributed by atoms with Gasteiger partial charge in [0.05, 0.1) is 23.5 Å². The van der Waals surface area contributed by atoms with Crippen molar-refractivity contribution >= 4 is 35.0 Å². The van der Waals surface area contributed by atoms with Crippen LogP contribution in [0.3, 0.4) is 0 Å². The van der Waals surface area contributed by atoms with Gasteiger partial charge in [0, 0.05) is 0 Å². The first-order chi connectivity index (χ1) is 8.67. The number of esters is 1. The first kappa shape index (κ1) is 12.5. The fourth-order valence-corrected chi connectivity index (χ4v) is 2.21. The zero-order valence-corrected chi connectivity index (χ0v) is 10.8. The fraction of sp³-hybridized carbons (Fsp3) is 0.167. The predicted molar refractivity (Wildman–Crippen MR) is 71.3 cm³/mol. The molecule has 2 N–H and O–H groups in total. The second-order valence-electron chi connectivity index (χ2n) is 3.52. The maximum atomic E-state index is 12.0. The molecule has 0 saturated carbocycles. The summed E-state index contributed by atoms with van der Waals surface area (Å²) in [5.74, 6) is -1.12. The Morgan fingerprint density at radius 1 is 1.22 bits per heavy atom. The average molecular weight is 264 g/mol. The van der Waals surface area contributed by atoms with Crippen LogP contribution in [-0.4, -0.2) is 25.2 Å². The van der Waals surface area contributed by atoms with Crippen LogP contribution in [0.1, 0.15) is 0 Å². The van der Waals surface area contributed by atoms with Crippen molar-refractivity contribution in [3.8, 4) is 0 Å². The van der Waals surface area contributed by atoms with Crippen LogP contribution in [0.2, 0.25) is 0 Å². The molecule has 18 heavy (non-hydrogen) atoms. The fourth-order valence-electron chi connectivity index (χ4n) is 1.61. The summed E-state index contributed by atoms with van der Waals surface area (Å²) in [6.07, 6.45) is 1.78. The summed E-state index contributed by atoms with van der Waals surface area (Å²) in [4.78, 5) is 23.7. The number of benzene rings is 1. The number of anilines is 2. The van der Waals surface area contributed by atoms with E-state index in [0.717, 1.165) is 5.69 Å². The Bertz CT molecular complexity index is 540. The number of rotatable bonds is 2. The zero-order valence-electron chi connectivity index (χ0n) is 9.94. The summed E-state index contributed by atoms with van der Waals surface area (Å²) >= 11 is 1.29. The number of ether oxygens (including phenoxy) is 1. The van der Waals surface area contributed by atoms with Gasteiger partial charge in [-0.2, -0.15) is 0 Å². The van der Waals surface area contributed by atoms with E-state index in [2.05, 4.69) is 15.4 Å². The van der Waals surface area contributed by atoms with E-state index in [1.165, 1.54) is 18.9 Å². The standard InChI is InChI=1S/C12H12N2O3S/c1-17-12(16)9-10(15)13-7-5-3-4-6-8(7)14-11(9)18-2/h3-6,14H,1-2H3,(H,13,15). The molecule has 1 amide bonds. The third kappa shape index (κ3) is 2.19. The van der Waals surface area contributed by atoms with Gasteiger partial charge >= 0.3 is 5.97 Å². The molecule has 0 unspecified atom stereocenters. The molecule has 94 valence electrons. The van der Waals surface area contributed by atoms with Crippen molar-refractivity contribution in [1.29, 1.82) is 0 Å². The summed E-state index contributed by atoms with van der Waals surface area (Å²) in [6.45, 7) is 0. The van der Waals surface area contributed by atoms with E-state index in [1.807, 2.05) is 18.2 Å². The van der Waals surface area contributed by atoms with Crippen LogP contribution >= 0.6 is 11.8 Å². The second kappa shape index (κ2) is 5.14. The minimum atomic E-state index is -0.655. The molecule has 1 aliphatic rings. The second-order valence-corrected chi connectivity index (χ2v) is 4.34. The van der Waals surface area contributed by atoms with E-state index in [9.17, 15) is 9.59 Å². The predicted octanol–water partition coefficient (Wildman–Crippen LogP) is 1.80. The van der Waals surface area contributed by atoms with Gasteiger partial charge in [0.1, 0.15) is 0 Å². The van der Waals surface area contributed by atoms with Gasteiger partial charge in [0.15, 0.2) is 5.57 Å². The van der Waals surface area contributed by atoms with Gasteiger partial charge in [0.25, 0.3) is 5.91 Å². The van der Waals surface area contributed by atoms with E-state index >= 15 is 0 Å². The van der Waals surface area contributed by atoms with E-state index in [1.54, 1.807) is 12.3 Å². The molecule has 0 aromatic heterocycles. The normalized spacial score (nSPS) is 14.2. The van der Waals surface area contributed by atoms with Crippen LogP contribution in [-0.2, 0) is 14.3 Å². The Hall–Kier alpha value is -1.95. The summed E-state index contributed by atoms with van der Waals surface area (Å²) in [6, 6.07) is 7.24. The Balaban J connectivity index is 2.50. The molecule has 0 atom stereocenters. The molecule has 6 heteroatoms. The number of carbonyl (C=O) groups is 2. The first-order valence-electron chi connectivity index (χ1n) is 5.21. The minimum absolute atomic E-state index is 0.0128. The lowest BCUT2D eigenvalue weighted by Crippen LogP contribution is -2.22. The molecular formula is C12H12N2O3S. The zero-order chi connectivity index (χ0) is 13.1. The average Bonchev–Trinajstić information content (AvgIpc) is 2.53. The van der Waals surface area contributed by atoms with Gasteiger partial charge in [-0.15, -0.1) is 11.8 Å². The van der Waals surface area contributed by atoms with Crippen molar-refractivity contribution in [2.75, 3.05) is 24.0 Å². The highest BCUT2D eigenvalue weighted by molar-refractivity contribution is 8.02. The third-order valence-corrected chi connectivity index (χ3v) is 3.19. The summed E-state index contributed by atoms with van der Waals surface area (Å²) in [5.41, 5.74) is 1.36. The van der Waals surface area contributed by atoms with Gasteiger partial charge in [-0.1, -0.05) is 12.1 Å². The molecule has 1 aliphatic heterocycles. The van der Waals surface area contributed by atoms with Gasteiger partial charge in [0.2, 0.25) is 0 Å². The largest absolute Gasteiger partial charge is 0.465 e. The van der Waals surface area contributed by atoms with Crippen LogP contribution < -0.4 is 10.6 Å². The summed E-state index contributed by atoms with van der Waals surface area (Å²) in [5, 5.41) is 6.22. The molecule has 1 aromatic rings. The Kier molecular flexibility index (Phi) is 3.57. The smallest absolute Gasteiger partial charge is 0.346 e. The molecule has 1 aromatic carbocycles. The number of fused-ring (bicyclic) bond motifs is 1. The Morgan fingerprint density at radius 2 is 1.83 bits per heavy atom. The molecule has 1 heterocycles. The number of methoxy groups -OCH3 is 1. The lowest BCUT2D eigenvalue weighted by atomic mass is 10.2. The number of carbonyl (C=O) groups excluding carboxylic acids is 2.